The van der Waals surface area contributed by atoms with E-state index in [9.17, 15) is 9.90 Å². The average Bonchev–Trinajstić information content (AvgIpc) is 2.57. The topological polar surface area (TPSA) is 76.5 Å². The number of hydrogen-bond donors (Lipinski definition) is 2. The molecule has 3 N–H and O–H groups in total. The first-order chi connectivity index (χ1) is 12.3. The first-order valence-electron chi connectivity index (χ1n) is 7.80. The number of fused-ring (bicyclic) bond motifs is 2. The molecule has 0 saturated carbocycles. The number of benzene rings is 3. The molecule has 130 valence electrons. The maximum atomic E-state index is 12.0. The molecule has 26 heavy (non-hydrogen) atoms. The maximum Gasteiger partial charge on any atom is 0.200 e. The van der Waals surface area contributed by atoms with Crippen molar-refractivity contribution >= 4 is 39.9 Å². The molecule has 2 aromatic rings. The predicted molar refractivity (Wildman–Crippen MR) is 105 cm³/mol. The van der Waals surface area contributed by atoms with E-state index in [1.807, 2.05) is 19.1 Å². The minimum absolute atomic E-state index is 0.0986. The molecule has 0 unspecified atom stereocenters. The number of nitrogens with two attached hydrogens (primary N) is 1. The minimum atomic E-state index is -0.333. The van der Waals surface area contributed by atoms with Crippen LogP contribution in [0.2, 0.25) is 10.0 Å². The van der Waals surface area contributed by atoms with Gasteiger partial charge in [-0.25, -0.2) is 0 Å². The van der Waals surface area contributed by atoms with E-state index in [0.29, 0.717) is 28.0 Å². The van der Waals surface area contributed by atoms with Gasteiger partial charge in [-0.1, -0.05) is 29.3 Å². The molecule has 4 nitrogen and oxygen atoms in total. The molecule has 0 saturated heterocycles. The lowest BCUT2D eigenvalue weighted by atomic mass is 9.91. The van der Waals surface area contributed by atoms with E-state index in [1.165, 1.54) is 12.1 Å². The van der Waals surface area contributed by atoms with Crippen LogP contribution in [0.4, 0.5) is 5.69 Å². The summed E-state index contributed by atoms with van der Waals surface area (Å²) in [5.74, 6) is 0.276. The fraction of sp³-hybridized carbons (Fsp3) is 0.0500. The van der Waals surface area contributed by atoms with E-state index in [-0.39, 0.29) is 21.2 Å². The van der Waals surface area contributed by atoms with Crippen LogP contribution >= 0.6 is 23.2 Å². The van der Waals surface area contributed by atoms with E-state index >= 15 is 0 Å². The second-order valence-electron chi connectivity index (χ2n) is 6.13. The second kappa shape index (κ2) is 5.94. The van der Waals surface area contributed by atoms with E-state index in [1.54, 1.807) is 18.2 Å². The highest BCUT2D eigenvalue weighted by Crippen LogP contribution is 2.44. The number of aryl methyl sites for hydroxylation is 1. The zero-order chi connectivity index (χ0) is 18.6. The highest BCUT2D eigenvalue weighted by atomic mass is 35.5. The van der Waals surface area contributed by atoms with Gasteiger partial charge in [-0.2, -0.15) is 0 Å². The lowest BCUT2D eigenvalue weighted by Gasteiger charge is -2.17. The Morgan fingerprint density at radius 1 is 1.00 bits per heavy atom. The van der Waals surface area contributed by atoms with Crippen LogP contribution in [-0.2, 0) is 0 Å². The molecule has 0 fully saturated rings. The Morgan fingerprint density at radius 3 is 2.50 bits per heavy atom. The summed E-state index contributed by atoms with van der Waals surface area (Å²) in [7, 11) is 0. The number of rotatable bonds is 1. The van der Waals surface area contributed by atoms with Crippen molar-refractivity contribution < 1.29 is 9.52 Å². The molecule has 1 aliphatic carbocycles. The molecule has 2 aliphatic rings. The molecule has 0 radical (unpaired) electrons. The van der Waals surface area contributed by atoms with Crippen LogP contribution in [-0.4, -0.2) is 5.11 Å². The van der Waals surface area contributed by atoms with E-state index in [4.69, 9.17) is 33.4 Å². The van der Waals surface area contributed by atoms with Gasteiger partial charge < -0.3 is 15.3 Å². The van der Waals surface area contributed by atoms with Crippen molar-refractivity contribution in [2.45, 2.75) is 6.92 Å². The van der Waals surface area contributed by atoms with Crippen molar-refractivity contribution in [2.24, 2.45) is 0 Å². The number of aromatic hydroxyl groups is 1. The summed E-state index contributed by atoms with van der Waals surface area (Å²) in [6.07, 6.45) is 0. The molecule has 0 amide bonds. The van der Waals surface area contributed by atoms with Crippen LogP contribution in [0, 0.1) is 6.92 Å². The van der Waals surface area contributed by atoms with Gasteiger partial charge >= 0.3 is 0 Å². The van der Waals surface area contributed by atoms with Crippen molar-refractivity contribution in [1.82, 2.24) is 0 Å². The van der Waals surface area contributed by atoms with Crippen LogP contribution in [0.1, 0.15) is 5.56 Å². The molecule has 0 spiro atoms. The van der Waals surface area contributed by atoms with Crippen LogP contribution in [0.3, 0.4) is 0 Å². The maximum absolute atomic E-state index is 12.0. The predicted octanol–water partition coefficient (Wildman–Crippen LogP) is 5.47. The standard InChI is InChI=1S/C20H13Cl2NO3/c1-9-4-10(23)2-3-11(9)20-12-5-14(21)16(24)7-18(12)26-19-8-17(25)15(22)6-13(19)20/h2-8,24H,23H2,1H3. The quantitative estimate of drug-likeness (QED) is 0.336. The van der Waals surface area contributed by atoms with Gasteiger partial charge in [0, 0.05) is 34.3 Å². The monoisotopic (exact) mass is 385 g/mol. The highest BCUT2D eigenvalue weighted by molar-refractivity contribution is 6.33. The Hall–Kier alpha value is -2.69. The lowest BCUT2D eigenvalue weighted by Crippen LogP contribution is -2.03. The molecule has 1 heterocycles. The molecule has 0 bridgehead atoms. The summed E-state index contributed by atoms with van der Waals surface area (Å²) in [5.41, 5.74) is 9.95. The molecular formula is C20H13Cl2NO3. The molecular weight excluding hydrogens is 373 g/mol. The van der Waals surface area contributed by atoms with Crippen molar-refractivity contribution in [3.63, 3.8) is 0 Å². The highest BCUT2D eigenvalue weighted by Gasteiger charge is 2.21. The summed E-state index contributed by atoms with van der Waals surface area (Å²) in [6.45, 7) is 1.94. The van der Waals surface area contributed by atoms with Crippen molar-refractivity contribution in [3.8, 4) is 28.2 Å². The molecule has 6 heteroatoms. The zero-order valence-corrected chi connectivity index (χ0v) is 15.2. The van der Waals surface area contributed by atoms with Gasteiger partial charge in [-0.15, -0.1) is 0 Å². The first kappa shape index (κ1) is 16.8. The Bertz CT molecular complexity index is 1210. The van der Waals surface area contributed by atoms with Gasteiger partial charge in [0.05, 0.1) is 10.0 Å². The molecule has 0 aromatic heterocycles. The van der Waals surface area contributed by atoms with Gasteiger partial charge in [0.1, 0.15) is 17.1 Å². The first-order valence-corrected chi connectivity index (χ1v) is 8.56. The zero-order valence-electron chi connectivity index (χ0n) is 13.6. The Kier molecular flexibility index (Phi) is 3.83. The lowest BCUT2D eigenvalue weighted by molar-refractivity contribution is 0.474. The summed E-state index contributed by atoms with van der Waals surface area (Å²) in [6, 6.07) is 11.6. The Morgan fingerprint density at radius 2 is 1.77 bits per heavy atom. The number of anilines is 1. The van der Waals surface area contributed by atoms with E-state index < -0.39 is 0 Å². The van der Waals surface area contributed by atoms with Gasteiger partial charge in [0.25, 0.3) is 0 Å². The molecule has 0 atom stereocenters. The van der Waals surface area contributed by atoms with Gasteiger partial charge in [-0.3, -0.25) is 4.79 Å². The Labute approximate surface area is 158 Å². The number of halogens is 2. The van der Waals surface area contributed by atoms with Gasteiger partial charge in [0.2, 0.25) is 5.43 Å². The number of phenolic OH excluding ortho intramolecular Hbond substituents is 1. The van der Waals surface area contributed by atoms with Crippen molar-refractivity contribution in [3.05, 3.63) is 68.3 Å². The van der Waals surface area contributed by atoms with E-state index in [0.717, 1.165) is 16.7 Å². The number of phenols is 1. The molecule has 4 rings (SSSR count). The largest absolute Gasteiger partial charge is 0.506 e. The third kappa shape index (κ3) is 2.59. The molecule has 2 aromatic carbocycles. The van der Waals surface area contributed by atoms with Crippen molar-refractivity contribution in [1.29, 1.82) is 0 Å². The van der Waals surface area contributed by atoms with Crippen molar-refractivity contribution in [2.75, 3.05) is 5.73 Å². The summed E-state index contributed by atoms with van der Waals surface area (Å²) in [4.78, 5) is 12.0. The summed E-state index contributed by atoms with van der Waals surface area (Å²) in [5, 5.41) is 11.0. The fourth-order valence-corrected chi connectivity index (χ4v) is 3.49. The van der Waals surface area contributed by atoms with Crippen LogP contribution in [0.15, 0.2) is 51.7 Å². The van der Waals surface area contributed by atoms with Gasteiger partial charge in [0.15, 0.2) is 0 Å². The van der Waals surface area contributed by atoms with Crippen LogP contribution in [0.25, 0.3) is 33.4 Å². The normalized spacial score (nSPS) is 11.3. The SMILES string of the molecule is Cc1cc(N)ccc1-c1c2cc(Cl)c(=O)cc-2oc2cc(O)c(Cl)cc12. The average molecular weight is 386 g/mol. The van der Waals surface area contributed by atoms with E-state index in [2.05, 4.69) is 0 Å². The third-order valence-electron chi connectivity index (χ3n) is 4.36. The number of hydrogen-bond acceptors (Lipinski definition) is 4. The van der Waals surface area contributed by atoms with Crippen LogP contribution < -0.4 is 11.2 Å². The van der Waals surface area contributed by atoms with Crippen LogP contribution in [0.5, 0.6) is 5.75 Å². The third-order valence-corrected chi connectivity index (χ3v) is 4.96. The summed E-state index contributed by atoms with van der Waals surface area (Å²) >= 11 is 12.2. The smallest absolute Gasteiger partial charge is 0.200 e. The minimum Gasteiger partial charge on any atom is -0.506 e. The second-order valence-corrected chi connectivity index (χ2v) is 6.94. The molecule has 1 aliphatic heterocycles. The fourth-order valence-electron chi connectivity index (χ4n) is 3.16. The Balaban J connectivity index is 2.25. The van der Waals surface area contributed by atoms with Gasteiger partial charge in [-0.05, 0) is 42.3 Å². The number of nitrogen functional groups attached to an aromatic ring is 1. The summed E-state index contributed by atoms with van der Waals surface area (Å²) < 4.78 is 5.84.